The molecule has 0 unspecified atom stereocenters. The summed E-state index contributed by atoms with van der Waals surface area (Å²) < 4.78 is 5.08. The third-order valence-corrected chi connectivity index (χ3v) is 5.82. The fourth-order valence-electron chi connectivity index (χ4n) is 4.06. The number of nitrogen functional groups attached to an aromatic ring is 1. The molecule has 2 aromatic heterocycles. The number of nitrogens with two attached hydrogens (primary N) is 1. The first-order valence-electron chi connectivity index (χ1n) is 11.1. The molecule has 1 aliphatic rings. The molecular formula is C26H29N5O2. The number of hydrogen-bond acceptors (Lipinski definition) is 6. The maximum atomic E-state index is 11.9. The number of aromatic nitrogens is 2. The van der Waals surface area contributed by atoms with Crippen molar-refractivity contribution in [1.29, 1.82) is 0 Å². The van der Waals surface area contributed by atoms with Crippen molar-refractivity contribution < 1.29 is 9.53 Å². The van der Waals surface area contributed by atoms with Crippen LogP contribution in [0.25, 0.3) is 21.9 Å². The van der Waals surface area contributed by atoms with Crippen LogP contribution in [-0.2, 0) is 4.74 Å². The summed E-state index contributed by atoms with van der Waals surface area (Å²) in [5, 5.41) is 5.18. The van der Waals surface area contributed by atoms with E-state index in [9.17, 15) is 4.79 Å². The van der Waals surface area contributed by atoms with E-state index in [1.165, 1.54) is 5.57 Å². The molecule has 33 heavy (non-hydrogen) atoms. The summed E-state index contributed by atoms with van der Waals surface area (Å²) in [5.74, 6) is 0.702. The number of fused-ring (bicyclic) bond motifs is 1. The first-order chi connectivity index (χ1) is 15.9. The summed E-state index contributed by atoms with van der Waals surface area (Å²) in [6.07, 6.45) is 8.83. The van der Waals surface area contributed by atoms with Gasteiger partial charge >= 0.3 is 6.09 Å². The van der Waals surface area contributed by atoms with Crippen molar-refractivity contribution in [1.82, 2.24) is 14.9 Å². The van der Waals surface area contributed by atoms with Crippen LogP contribution in [0.5, 0.6) is 0 Å². The third kappa shape index (κ3) is 5.14. The van der Waals surface area contributed by atoms with Crippen molar-refractivity contribution >= 4 is 28.4 Å². The van der Waals surface area contributed by atoms with Crippen LogP contribution in [0, 0.1) is 6.92 Å². The molecule has 3 heterocycles. The highest BCUT2D eigenvalue weighted by atomic mass is 16.6. The maximum absolute atomic E-state index is 11.9. The summed E-state index contributed by atoms with van der Waals surface area (Å²) in [4.78, 5) is 22.4. The average Bonchev–Trinajstić information content (AvgIpc) is 2.79. The zero-order valence-corrected chi connectivity index (χ0v) is 19.1. The minimum absolute atomic E-state index is 0.242. The number of pyridine rings is 2. The van der Waals surface area contributed by atoms with Gasteiger partial charge in [-0.25, -0.2) is 9.78 Å². The van der Waals surface area contributed by atoms with Crippen molar-refractivity contribution in [3.63, 3.8) is 0 Å². The number of likely N-dealkylation sites (tertiary alicyclic amines) is 1. The Kier molecular flexibility index (Phi) is 6.58. The molecule has 1 fully saturated rings. The number of amides is 1. The minimum Gasteiger partial charge on any atom is -0.450 e. The number of nitrogens with zero attached hydrogens (tertiary/aromatic N) is 3. The molecule has 0 bridgehead atoms. The van der Waals surface area contributed by atoms with Gasteiger partial charge in [0.1, 0.15) is 5.82 Å². The van der Waals surface area contributed by atoms with Crippen LogP contribution >= 0.6 is 0 Å². The van der Waals surface area contributed by atoms with Crippen LogP contribution in [0.1, 0.15) is 25.3 Å². The van der Waals surface area contributed by atoms with Gasteiger partial charge in [-0.15, -0.1) is 0 Å². The molecule has 0 aliphatic carbocycles. The van der Waals surface area contributed by atoms with Gasteiger partial charge in [-0.3, -0.25) is 4.98 Å². The normalized spacial score (nSPS) is 13.6. The van der Waals surface area contributed by atoms with Gasteiger partial charge in [0.25, 0.3) is 0 Å². The number of anilines is 2. The van der Waals surface area contributed by atoms with Crippen LogP contribution in [0.3, 0.4) is 0 Å². The number of rotatable bonds is 5. The van der Waals surface area contributed by atoms with Crippen molar-refractivity contribution in [3.05, 3.63) is 72.3 Å². The Hall–Kier alpha value is -3.87. The van der Waals surface area contributed by atoms with Gasteiger partial charge in [0.15, 0.2) is 0 Å². The van der Waals surface area contributed by atoms with E-state index in [1.807, 2.05) is 37.4 Å². The van der Waals surface area contributed by atoms with Gasteiger partial charge in [0, 0.05) is 54.0 Å². The fraction of sp³-hybridized carbons (Fsp3) is 0.269. The van der Waals surface area contributed by atoms with Gasteiger partial charge < -0.3 is 20.7 Å². The number of carbonyl (C=O) groups is 1. The number of nitrogens with one attached hydrogen (secondary N) is 1. The van der Waals surface area contributed by atoms with Crippen molar-refractivity contribution in [2.45, 2.75) is 26.7 Å². The minimum atomic E-state index is -0.242. The Balaban J connectivity index is 1.49. The lowest BCUT2D eigenvalue weighted by Crippen LogP contribution is -2.36. The number of ether oxygens (including phenoxy) is 1. The Morgan fingerprint density at radius 3 is 2.79 bits per heavy atom. The molecule has 7 heteroatoms. The quantitative estimate of drug-likeness (QED) is 0.520. The molecule has 0 radical (unpaired) electrons. The van der Waals surface area contributed by atoms with Gasteiger partial charge in [0.05, 0.1) is 6.61 Å². The molecule has 1 aromatic carbocycles. The molecule has 3 N–H and O–H groups in total. The molecule has 1 aliphatic heterocycles. The number of benzene rings is 1. The molecule has 7 nitrogen and oxygen atoms in total. The van der Waals surface area contributed by atoms with Crippen LogP contribution in [0.4, 0.5) is 16.3 Å². The number of piperidine rings is 1. The summed E-state index contributed by atoms with van der Waals surface area (Å²) >= 11 is 0. The van der Waals surface area contributed by atoms with E-state index in [0.29, 0.717) is 31.2 Å². The highest BCUT2D eigenvalue weighted by Gasteiger charge is 2.19. The highest BCUT2D eigenvalue weighted by Crippen LogP contribution is 2.31. The van der Waals surface area contributed by atoms with Crippen LogP contribution in [-0.4, -0.2) is 40.7 Å². The first-order valence-corrected chi connectivity index (χ1v) is 11.1. The third-order valence-electron chi connectivity index (χ3n) is 5.82. The largest absolute Gasteiger partial charge is 0.450 e. The Bertz CT molecular complexity index is 1220. The molecule has 0 saturated carbocycles. The van der Waals surface area contributed by atoms with E-state index >= 15 is 0 Å². The van der Waals surface area contributed by atoms with E-state index in [1.54, 1.807) is 17.3 Å². The lowest BCUT2D eigenvalue weighted by Gasteiger charge is -2.27. The average molecular weight is 444 g/mol. The highest BCUT2D eigenvalue weighted by molar-refractivity contribution is 5.97. The lowest BCUT2D eigenvalue weighted by molar-refractivity contribution is 0.104. The zero-order valence-electron chi connectivity index (χ0n) is 19.1. The molecular weight excluding hydrogens is 414 g/mol. The predicted octanol–water partition coefficient (Wildman–Crippen LogP) is 5.29. The molecule has 1 amide bonds. The van der Waals surface area contributed by atoms with E-state index in [0.717, 1.165) is 46.0 Å². The Labute approximate surface area is 194 Å². The monoisotopic (exact) mass is 443 g/mol. The van der Waals surface area contributed by atoms with Gasteiger partial charge in [-0.05, 0) is 73.5 Å². The van der Waals surface area contributed by atoms with Gasteiger partial charge in [-0.2, -0.15) is 0 Å². The molecule has 1 saturated heterocycles. The summed E-state index contributed by atoms with van der Waals surface area (Å²) in [6.45, 7) is 9.72. The van der Waals surface area contributed by atoms with Gasteiger partial charge in [-0.1, -0.05) is 12.2 Å². The smallest absolute Gasteiger partial charge is 0.409 e. The van der Waals surface area contributed by atoms with Crippen molar-refractivity contribution in [3.8, 4) is 11.1 Å². The van der Waals surface area contributed by atoms with Gasteiger partial charge in [0.2, 0.25) is 0 Å². The van der Waals surface area contributed by atoms with E-state index in [4.69, 9.17) is 10.5 Å². The zero-order chi connectivity index (χ0) is 23.4. The lowest BCUT2D eigenvalue weighted by atomic mass is 9.99. The molecule has 4 rings (SSSR count). The van der Waals surface area contributed by atoms with Crippen molar-refractivity contribution in [2.75, 3.05) is 30.7 Å². The number of aryl methyl sites for hydroxylation is 1. The van der Waals surface area contributed by atoms with Crippen LogP contribution in [0.2, 0.25) is 0 Å². The Morgan fingerprint density at radius 1 is 1.27 bits per heavy atom. The molecule has 3 aromatic rings. The van der Waals surface area contributed by atoms with E-state index in [-0.39, 0.29) is 6.09 Å². The molecule has 0 atom stereocenters. The molecule has 170 valence electrons. The fourth-order valence-corrected chi connectivity index (χ4v) is 4.06. The second kappa shape index (κ2) is 9.73. The summed E-state index contributed by atoms with van der Waals surface area (Å²) in [5.41, 5.74) is 12.2. The topological polar surface area (TPSA) is 93.4 Å². The number of allylic oxidation sites excluding steroid dienone is 1. The summed E-state index contributed by atoms with van der Waals surface area (Å²) in [6, 6.07) is 8.04. The second-order valence-corrected chi connectivity index (χ2v) is 8.19. The molecule has 0 spiro atoms. The van der Waals surface area contributed by atoms with Crippen LogP contribution in [0.15, 0.2) is 66.8 Å². The first kappa shape index (κ1) is 22.3. The van der Waals surface area contributed by atoms with E-state index < -0.39 is 0 Å². The number of carbonyl (C=O) groups excluding carboxylic acids is 1. The summed E-state index contributed by atoms with van der Waals surface area (Å²) in [7, 11) is 0. The van der Waals surface area contributed by atoms with E-state index in [2.05, 4.69) is 34.9 Å². The van der Waals surface area contributed by atoms with Crippen LogP contribution < -0.4 is 11.1 Å². The Morgan fingerprint density at radius 2 is 2.06 bits per heavy atom. The predicted molar refractivity (Wildman–Crippen MR) is 133 cm³/mol. The SMILES string of the molecule is C=C(C=C1CCN(C(=O)OCC)CC1)Nc1cc2cc(-c3cnccc3C)cc(N)c2cn1. The standard InChI is InChI=1S/C26H29N5O2/c1-4-33-26(32)31-9-6-19(7-10-31)11-18(3)30-25-14-21-12-20(13-24(27)23(21)16-29-25)22-15-28-8-5-17(22)2/h5,8,11-16H,3-4,6-7,9-10,27H2,1-2H3,(H,29,30). The maximum Gasteiger partial charge on any atom is 0.409 e. The second-order valence-electron chi connectivity index (χ2n) is 8.19. The van der Waals surface area contributed by atoms with Crippen molar-refractivity contribution in [2.24, 2.45) is 0 Å². The number of hydrogen-bond donors (Lipinski definition) is 2.